The van der Waals surface area contributed by atoms with E-state index >= 15 is 0 Å². The van der Waals surface area contributed by atoms with Gasteiger partial charge in [0.25, 0.3) is 0 Å². The first-order valence-corrected chi connectivity index (χ1v) is 23.6. The topological polar surface area (TPSA) is 0 Å². The van der Waals surface area contributed by atoms with Crippen molar-refractivity contribution >= 4 is 60.9 Å². The van der Waals surface area contributed by atoms with Crippen LogP contribution in [-0.4, -0.2) is 8.07 Å². The number of benzene rings is 9. The van der Waals surface area contributed by atoms with Gasteiger partial charge in [-0.1, -0.05) is 254 Å². The molecule has 1 aliphatic carbocycles. The first-order valence-electron chi connectivity index (χ1n) is 21.6. The molecule has 0 heterocycles. The van der Waals surface area contributed by atoms with Crippen molar-refractivity contribution in [1.29, 1.82) is 0 Å². The molecular weight excluding hydrogens is 915 g/mol. The summed E-state index contributed by atoms with van der Waals surface area (Å²) in [5.74, 6) is 0.166. The second-order valence-electron chi connectivity index (χ2n) is 16.5. The Morgan fingerprint density at radius 1 is 0.318 bits per heavy atom. The van der Waals surface area contributed by atoms with Crippen molar-refractivity contribution in [3.63, 3.8) is 0 Å². The molecule has 1 atom stereocenters. The molecule has 0 bridgehead atoms. The Labute approximate surface area is 425 Å². The van der Waals surface area contributed by atoms with E-state index in [2.05, 4.69) is 263 Å². The van der Waals surface area contributed by atoms with E-state index in [4.69, 9.17) is 0 Å². The van der Waals surface area contributed by atoms with Gasteiger partial charge >= 0.3 is 0 Å². The third-order valence-corrected chi connectivity index (χ3v) is 17.2. The fourth-order valence-electron chi connectivity index (χ4n) is 9.52. The van der Waals surface area contributed by atoms with Crippen molar-refractivity contribution in [3.05, 3.63) is 260 Å². The summed E-state index contributed by atoms with van der Waals surface area (Å²) in [4.78, 5) is 0. The quantitative estimate of drug-likeness (QED) is 0.0728. The number of hydrogen-bond acceptors (Lipinski definition) is 0. The summed E-state index contributed by atoms with van der Waals surface area (Å²) in [6.07, 6.45) is 6.45. The largest absolute Gasteiger partial charge is 0.267 e. The van der Waals surface area contributed by atoms with Crippen LogP contribution in [0.3, 0.4) is 0 Å². The zero-order valence-electron chi connectivity index (χ0n) is 36.9. The van der Waals surface area contributed by atoms with Gasteiger partial charge in [-0.3, -0.25) is 6.08 Å². The number of rotatable bonds is 10. The zero-order valence-corrected chi connectivity index (χ0v) is 41.9. The van der Waals surface area contributed by atoms with Crippen LogP contribution >= 0.6 is 37.2 Å². The van der Waals surface area contributed by atoms with Gasteiger partial charge in [-0.2, -0.15) is 11.3 Å². The van der Waals surface area contributed by atoms with Gasteiger partial charge in [0, 0.05) is 21.7 Å². The summed E-state index contributed by atoms with van der Waals surface area (Å²) in [6.45, 7) is 4.59. The smallest absolute Gasteiger partial charge is 0.0995 e. The number of allylic oxidation sites excluding steroid dienone is 4. The maximum atomic E-state index is 3.92. The third kappa shape index (κ3) is 9.99. The fourth-order valence-corrected chi connectivity index (χ4v) is 14.8. The van der Waals surface area contributed by atoms with Crippen molar-refractivity contribution in [2.75, 3.05) is 0 Å². The van der Waals surface area contributed by atoms with Gasteiger partial charge < -0.3 is 0 Å². The van der Waals surface area contributed by atoms with Crippen LogP contribution in [0.2, 0.25) is 0 Å². The van der Waals surface area contributed by atoms with E-state index in [1.165, 1.54) is 93.1 Å². The molecule has 324 valence electrons. The molecule has 0 radical (unpaired) electrons. The Kier molecular flexibility index (Phi) is 16.7. The molecule has 9 aromatic carbocycles. The minimum Gasteiger partial charge on any atom is -0.267 e. The Morgan fingerprint density at radius 3 is 0.712 bits per heavy atom. The molecule has 66 heavy (non-hydrogen) atoms. The maximum Gasteiger partial charge on any atom is 0.0995 e. The molecule has 0 nitrogen and oxygen atoms in total. The van der Waals surface area contributed by atoms with E-state index in [0.29, 0.717) is 0 Å². The Balaban J connectivity index is 0.00000180. The van der Waals surface area contributed by atoms with Crippen molar-refractivity contribution in [1.82, 2.24) is 0 Å². The van der Waals surface area contributed by atoms with Crippen LogP contribution in [0.5, 0.6) is 0 Å². The zero-order chi connectivity index (χ0) is 41.9. The van der Waals surface area contributed by atoms with Crippen LogP contribution in [0.4, 0.5) is 0 Å². The molecule has 0 amide bonds. The second kappa shape index (κ2) is 22.2. The SMILES string of the molecule is CC1=[C-]C(C)C=C1[Si](c1cc(-c2ccccc2)cc(-c2ccccc2)c1)(c1cc(-c2ccccc2)cc(-c2ccccc2)c1)c1cc(-c2ccccc2)cc(-c2ccccc2)c1.Cl.Cl.Cl.[Ti]. The molecule has 1 aliphatic rings. The molecule has 5 heteroatoms. The van der Waals surface area contributed by atoms with Gasteiger partial charge in [0.1, 0.15) is 0 Å². The van der Waals surface area contributed by atoms with E-state index in [9.17, 15) is 0 Å². The molecule has 0 saturated heterocycles. The molecule has 0 saturated carbocycles. The monoisotopic (exact) mass is 963 g/mol. The average molecular weight is 965 g/mol. The van der Waals surface area contributed by atoms with E-state index in [1.54, 1.807) is 0 Å². The van der Waals surface area contributed by atoms with Crippen LogP contribution in [0.1, 0.15) is 13.8 Å². The molecule has 0 aromatic heterocycles. The summed E-state index contributed by atoms with van der Waals surface area (Å²) >= 11 is 0. The maximum absolute atomic E-state index is 3.92. The fraction of sp³-hybridized carbons (Fsp3) is 0.0492. The first kappa shape index (κ1) is 49.7. The van der Waals surface area contributed by atoms with Crippen LogP contribution in [0.25, 0.3) is 66.8 Å². The van der Waals surface area contributed by atoms with Gasteiger partial charge in [-0.15, -0.1) is 37.2 Å². The standard InChI is InChI=1S/C61H47Si.3ClH.Ti/c1-44-33-45(2)61(34-44)62(58-38-52(46-21-9-3-10-22-46)35-53(39-58)47-23-11-4-12-24-47,59-40-54(48-25-13-5-14-26-48)36-55(41-59)49-27-15-6-16-28-49)60-42-56(50-29-17-7-18-30-50)37-57(43-60)51-31-19-8-20-32-51;;;;/h3-32,34-44H,1-2H3;3*1H;/q-1;;;;. The Morgan fingerprint density at radius 2 is 0.530 bits per heavy atom. The van der Waals surface area contributed by atoms with Gasteiger partial charge in [-0.05, 0) is 85.0 Å². The summed E-state index contributed by atoms with van der Waals surface area (Å²) in [5.41, 5.74) is 15.7. The average Bonchev–Trinajstić information content (AvgIpc) is 3.70. The molecule has 0 N–H and O–H groups in total. The van der Waals surface area contributed by atoms with Crippen LogP contribution < -0.4 is 15.6 Å². The van der Waals surface area contributed by atoms with E-state index in [0.717, 1.165) is 0 Å². The van der Waals surface area contributed by atoms with E-state index in [1.807, 2.05) is 0 Å². The molecule has 0 spiro atoms. The van der Waals surface area contributed by atoms with Gasteiger partial charge in [0.15, 0.2) is 0 Å². The van der Waals surface area contributed by atoms with Crippen LogP contribution in [0, 0.1) is 12.0 Å². The van der Waals surface area contributed by atoms with Crippen molar-refractivity contribution in [3.8, 4) is 66.8 Å². The molecule has 1 unspecified atom stereocenters. The third-order valence-electron chi connectivity index (χ3n) is 12.4. The van der Waals surface area contributed by atoms with Crippen LogP contribution in [-0.2, 0) is 21.7 Å². The summed E-state index contributed by atoms with van der Waals surface area (Å²) in [5, 5.41) is 5.41. The minimum atomic E-state index is -3.32. The molecule has 0 aliphatic heterocycles. The number of halogens is 3. The predicted octanol–water partition coefficient (Wildman–Crippen LogP) is 15.3. The summed E-state index contributed by atoms with van der Waals surface area (Å²) in [7, 11) is -3.32. The minimum absolute atomic E-state index is 0. The molecule has 9 aromatic rings. The summed E-state index contributed by atoms with van der Waals surface area (Å²) in [6, 6.07) is 87.9. The summed E-state index contributed by atoms with van der Waals surface area (Å²) < 4.78 is 0. The van der Waals surface area contributed by atoms with Crippen molar-refractivity contribution in [2.24, 2.45) is 5.92 Å². The van der Waals surface area contributed by atoms with Crippen molar-refractivity contribution in [2.45, 2.75) is 13.8 Å². The van der Waals surface area contributed by atoms with E-state index < -0.39 is 8.07 Å². The number of hydrogen-bond donors (Lipinski definition) is 0. The van der Waals surface area contributed by atoms with Gasteiger partial charge in [-0.25, -0.2) is 5.57 Å². The predicted molar refractivity (Wildman–Crippen MR) is 288 cm³/mol. The van der Waals surface area contributed by atoms with Gasteiger partial charge in [0.05, 0.1) is 8.07 Å². The van der Waals surface area contributed by atoms with Crippen LogP contribution in [0.15, 0.2) is 253 Å². The Bertz CT molecular complexity index is 2590. The Hall–Kier alpha value is -5.74. The van der Waals surface area contributed by atoms with E-state index in [-0.39, 0.29) is 64.9 Å². The molecule has 10 rings (SSSR count). The molecular formula is C61H50Cl3SiTi-. The first-order chi connectivity index (χ1) is 30.5. The molecule has 0 fully saturated rings. The normalized spacial score (nSPS) is 12.8. The van der Waals surface area contributed by atoms with Crippen molar-refractivity contribution < 1.29 is 21.7 Å². The second-order valence-corrected chi connectivity index (χ2v) is 20.3. The van der Waals surface area contributed by atoms with Gasteiger partial charge in [0.2, 0.25) is 0 Å².